The van der Waals surface area contributed by atoms with E-state index in [1.165, 1.54) is 24.3 Å². The average Bonchev–Trinajstić information content (AvgIpc) is 2.61. The molecule has 0 spiro atoms. The van der Waals surface area contributed by atoms with Gasteiger partial charge >= 0.3 is 0 Å². The van der Waals surface area contributed by atoms with E-state index in [9.17, 15) is 14.0 Å². The second-order valence-corrected chi connectivity index (χ2v) is 4.90. The van der Waals surface area contributed by atoms with Crippen LogP contribution in [0, 0.1) is 11.2 Å². The SMILES string of the molecule is N=C1NC(=O)C(CC(=O)Nc2ccc(F)cc2)S1. The number of hydrogen-bond donors (Lipinski definition) is 3. The van der Waals surface area contributed by atoms with E-state index in [0.717, 1.165) is 11.8 Å². The van der Waals surface area contributed by atoms with Crippen molar-refractivity contribution in [3.8, 4) is 0 Å². The molecule has 1 aliphatic rings. The Balaban J connectivity index is 1.91. The van der Waals surface area contributed by atoms with Crippen LogP contribution in [0.5, 0.6) is 0 Å². The second-order valence-electron chi connectivity index (χ2n) is 3.68. The summed E-state index contributed by atoms with van der Waals surface area (Å²) >= 11 is 1.02. The molecule has 1 aromatic carbocycles. The molecule has 1 fully saturated rings. The van der Waals surface area contributed by atoms with Crippen molar-refractivity contribution < 1.29 is 14.0 Å². The molecule has 3 N–H and O–H groups in total. The molecular weight excluding hydrogens is 257 g/mol. The normalized spacial score (nSPS) is 18.6. The number of halogens is 1. The Morgan fingerprint density at radius 3 is 2.67 bits per heavy atom. The highest BCUT2D eigenvalue weighted by molar-refractivity contribution is 8.15. The van der Waals surface area contributed by atoms with Crippen LogP contribution in [0.25, 0.3) is 0 Å². The number of rotatable bonds is 3. The monoisotopic (exact) mass is 267 g/mol. The van der Waals surface area contributed by atoms with Crippen molar-refractivity contribution in [2.45, 2.75) is 11.7 Å². The molecule has 7 heteroatoms. The maximum absolute atomic E-state index is 12.7. The van der Waals surface area contributed by atoms with E-state index in [1.54, 1.807) is 0 Å². The molecule has 2 rings (SSSR count). The Labute approximate surface area is 107 Å². The molecule has 0 saturated carbocycles. The van der Waals surface area contributed by atoms with Crippen molar-refractivity contribution >= 4 is 34.4 Å². The number of carbonyl (C=O) groups is 2. The summed E-state index contributed by atoms with van der Waals surface area (Å²) in [6.07, 6.45) is -0.0176. The number of hydrogen-bond acceptors (Lipinski definition) is 4. The van der Waals surface area contributed by atoms with Gasteiger partial charge in [-0.3, -0.25) is 15.0 Å². The number of benzene rings is 1. The first kappa shape index (κ1) is 12.6. The first-order valence-electron chi connectivity index (χ1n) is 5.16. The molecule has 5 nitrogen and oxygen atoms in total. The highest BCUT2D eigenvalue weighted by Gasteiger charge is 2.31. The maximum Gasteiger partial charge on any atom is 0.240 e. The van der Waals surface area contributed by atoms with E-state index < -0.39 is 5.25 Å². The van der Waals surface area contributed by atoms with E-state index in [4.69, 9.17) is 5.41 Å². The molecule has 0 bridgehead atoms. The van der Waals surface area contributed by atoms with Gasteiger partial charge in [0.15, 0.2) is 5.17 Å². The van der Waals surface area contributed by atoms with Crippen molar-refractivity contribution in [3.63, 3.8) is 0 Å². The number of amidine groups is 1. The molecule has 18 heavy (non-hydrogen) atoms. The fourth-order valence-corrected chi connectivity index (χ4v) is 2.31. The first-order chi connectivity index (χ1) is 8.54. The van der Waals surface area contributed by atoms with Gasteiger partial charge in [-0.05, 0) is 24.3 Å². The summed E-state index contributed by atoms with van der Waals surface area (Å²) in [5.41, 5.74) is 0.472. The molecule has 1 atom stereocenters. The summed E-state index contributed by atoms with van der Waals surface area (Å²) in [6.45, 7) is 0. The lowest BCUT2D eigenvalue weighted by Gasteiger charge is -2.07. The molecule has 1 aliphatic heterocycles. The fourth-order valence-electron chi connectivity index (χ4n) is 1.47. The summed E-state index contributed by atoms with van der Waals surface area (Å²) in [5, 5.41) is 11.6. The van der Waals surface area contributed by atoms with Crippen molar-refractivity contribution in [2.75, 3.05) is 5.32 Å². The molecule has 1 aromatic rings. The minimum atomic E-state index is -0.571. The largest absolute Gasteiger partial charge is 0.326 e. The molecule has 94 valence electrons. The van der Waals surface area contributed by atoms with Crippen LogP contribution in [0.1, 0.15) is 6.42 Å². The van der Waals surface area contributed by atoms with E-state index in [-0.39, 0.29) is 29.2 Å². The summed E-state index contributed by atoms with van der Waals surface area (Å²) in [6, 6.07) is 5.36. The lowest BCUT2D eigenvalue weighted by Crippen LogP contribution is -2.27. The topological polar surface area (TPSA) is 82.1 Å². The predicted molar refractivity (Wildman–Crippen MR) is 66.9 cm³/mol. The van der Waals surface area contributed by atoms with E-state index in [0.29, 0.717) is 5.69 Å². The van der Waals surface area contributed by atoms with Crippen LogP contribution >= 0.6 is 11.8 Å². The molecule has 1 unspecified atom stereocenters. The Bertz CT molecular complexity index is 504. The Kier molecular flexibility index (Phi) is 3.61. The second kappa shape index (κ2) is 5.18. The molecule has 0 aliphatic carbocycles. The molecule has 2 amide bonds. The minimum Gasteiger partial charge on any atom is -0.326 e. The zero-order valence-corrected chi connectivity index (χ0v) is 10.0. The Hall–Kier alpha value is -1.89. The van der Waals surface area contributed by atoms with Crippen molar-refractivity contribution in [1.82, 2.24) is 5.32 Å². The Morgan fingerprint density at radius 2 is 2.11 bits per heavy atom. The lowest BCUT2D eigenvalue weighted by molar-refractivity contribution is -0.122. The van der Waals surface area contributed by atoms with Gasteiger partial charge in [-0.25, -0.2) is 4.39 Å². The van der Waals surface area contributed by atoms with Gasteiger partial charge in [0.1, 0.15) is 11.1 Å². The quantitative estimate of drug-likeness (QED) is 0.772. The van der Waals surface area contributed by atoms with Gasteiger partial charge in [0.2, 0.25) is 11.8 Å². The maximum atomic E-state index is 12.7. The minimum absolute atomic E-state index is 0.0176. The summed E-state index contributed by atoms with van der Waals surface area (Å²) in [7, 11) is 0. The number of nitrogens with one attached hydrogen (secondary N) is 3. The standard InChI is InChI=1S/C11H10FN3O2S/c12-6-1-3-7(4-2-6)14-9(16)5-8-10(17)15-11(13)18-8/h1-4,8H,5H2,(H,14,16)(H2,13,15,17). The van der Waals surface area contributed by atoms with E-state index >= 15 is 0 Å². The van der Waals surface area contributed by atoms with Crippen molar-refractivity contribution in [1.29, 1.82) is 5.41 Å². The van der Waals surface area contributed by atoms with Gasteiger partial charge in [-0.1, -0.05) is 11.8 Å². The third kappa shape index (κ3) is 3.07. The number of carbonyl (C=O) groups excluding carboxylic acids is 2. The third-order valence-electron chi connectivity index (χ3n) is 2.29. The van der Waals surface area contributed by atoms with Gasteiger partial charge in [0.05, 0.1) is 0 Å². The van der Waals surface area contributed by atoms with E-state index in [1.807, 2.05) is 0 Å². The zero-order chi connectivity index (χ0) is 13.1. The number of amides is 2. The van der Waals surface area contributed by atoms with Crippen LogP contribution in [0.15, 0.2) is 24.3 Å². The van der Waals surface area contributed by atoms with Crippen LogP contribution < -0.4 is 10.6 Å². The predicted octanol–water partition coefficient (Wildman–Crippen LogP) is 1.32. The smallest absolute Gasteiger partial charge is 0.240 e. The summed E-state index contributed by atoms with van der Waals surface area (Å²) in [4.78, 5) is 23.0. The summed E-state index contributed by atoms with van der Waals surface area (Å²) < 4.78 is 12.7. The van der Waals surface area contributed by atoms with Crippen molar-refractivity contribution in [2.24, 2.45) is 0 Å². The molecule has 1 heterocycles. The molecule has 0 radical (unpaired) electrons. The van der Waals surface area contributed by atoms with E-state index in [2.05, 4.69) is 10.6 Å². The van der Waals surface area contributed by atoms with Crippen LogP contribution in [-0.4, -0.2) is 22.2 Å². The highest BCUT2D eigenvalue weighted by atomic mass is 32.2. The first-order valence-corrected chi connectivity index (χ1v) is 6.04. The van der Waals surface area contributed by atoms with Gasteiger partial charge < -0.3 is 10.6 Å². The van der Waals surface area contributed by atoms with Crippen LogP contribution in [0.2, 0.25) is 0 Å². The highest BCUT2D eigenvalue weighted by Crippen LogP contribution is 2.21. The van der Waals surface area contributed by atoms with Gasteiger partial charge in [-0.2, -0.15) is 0 Å². The average molecular weight is 267 g/mol. The summed E-state index contributed by atoms with van der Waals surface area (Å²) in [5.74, 6) is -1.06. The number of anilines is 1. The Morgan fingerprint density at radius 1 is 1.44 bits per heavy atom. The van der Waals surface area contributed by atoms with Crippen molar-refractivity contribution in [3.05, 3.63) is 30.1 Å². The number of thioether (sulfide) groups is 1. The van der Waals surface area contributed by atoms with Crippen LogP contribution in [0.4, 0.5) is 10.1 Å². The molecular formula is C11H10FN3O2S. The fraction of sp³-hybridized carbons (Fsp3) is 0.182. The molecule has 1 saturated heterocycles. The van der Waals surface area contributed by atoms with Gasteiger partial charge in [0.25, 0.3) is 0 Å². The van der Waals surface area contributed by atoms with Crippen LogP contribution in [-0.2, 0) is 9.59 Å². The van der Waals surface area contributed by atoms with Crippen LogP contribution in [0.3, 0.4) is 0 Å². The van der Waals surface area contributed by atoms with Gasteiger partial charge in [-0.15, -0.1) is 0 Å². The van der Waals surface area contributed by atoms with Gasteiger partial charge in [0, 0.05) is 12.1 Å². The zero-order valence-electron chi connectivity index (χ0n) is 9.20. The molecule has 0 aromatic heterocycles. The lowest BCUT2D eigenvalue weighted by atomic mass is 10.2. The third-order valence-corrected chi connectivity index (χ3v) is 3.29.